The van der Waals surface area contributed by atoms with Crippen LogP contribution in [0, 0.1) is 0 Å². The molecule has 3 rings (SSSR count). The molecule has 0 aromatic heterocycles. The number of aryl methyl sites for hydroxylation is 1. The van der Waals surface area contributed by atoms with Gasteiger partial charge < -0.3 is 14.2 Å². The molecule has 0 saturated carbocycles. The van der Waals surface area contributed by atoms with Gasteiger partial charge in [0.1, 0.15) is 11.3 Å². The van der Waals surface area contributed by atoms with Gasteiger partial charge in [-0.25, -0.2) is 9.89 Å². The van der Waals surface area contributed by atoms with Crippen molar-refractivity contribution in [1.29, 1.82) is 0 Å². The number of para-hydroxylation sites is 1. The van der Waals surface area contributed by atoms with Crippen LogP contribution in [0.15, 0.2) is 47.5 Å². The number of nitrogens with one attached hydrogen (secondary N) is 1. The first kappa shape index (κ1) is 16.8. The molecule has 0 spiro atoms. The molecule has 2 aliphatic heterocycles. The molecule has 1 aromatic carbocycles. The Labute approximate surface area is 145 Å². The molecule has 0 unspecified atom stereocenters. The zero-order chi connectivity index (χ0) is 17.8. The van der Waals surface area contributed by atoms with E-state index in [9.17, 15) is 9.59 Å². The Bertz CT molecular complexity index is 885. The normalized spacial score (nSPS) is 10.8. The molecular formula is C18H20N4O3. The van der Waals surface area contributed by atoms with Gasteiger partial charge in [0.2, 0.25) is 0 Å². The van der Waals surface area contributed by atoms with Crippen molar-refractivity contribution in [3.63, 3.8) is 0 Å². The summed E-state index contributed by atoms with van der Waals surface area (Å²) in [6.45, 7) is 1.51. The van der Waals surface area contributed by atoms with Crippen LogP contribution in [0.2, 0.25) is 0 Å². The summed E-state index contributed by atoms with van der Waals surface area (Å²) in [4.78, 5) is 26.0. The molecule has 0 aliphatic carbocycles. The summed E-state index contributed by atoms with van der Waals surface area (Å²) >= 11 is 0. The number of nitrogens with zero attached hydrogens (tertiary/aromatic N) is 3. The first-order chi connectivity index (χ1) is 12.1. The van der Waals surface area contributed by atoms with Crippen molar-refractivity contribution in [2.24, 2.45) is 0 Å². The number of hydrogen-bond donors (Lipinski definition) is 1. The molecule has 7 nitrogen and oxygen atoms in total. The van der Waals surface area contributed by atoms with E-state index in [1.54, 1.807) is 12.4 Å². The van der Waals surface area contributed by atoms with E-state index in [4.69, 9.17) is 4.74 Å². The van der Waals surface area contributed by atoms with Gasteiger partial charge in [0.15, 0.2) is 0 Å². The zero-order valence-corrected chi connectivity index (χ0v) is 14.2. The number of esters is 1. The predicted octanol–water partition coefficient (Wildman–Crippen LogP) is 1.99. The molecule has 0 amide bonds. The lowest BCUT2D eigenvalue weighted by Gasteiger charge is -2.20. The summed E-state index contributed by atoms with van der Waals surface area (Å²) < 4.78 is 6.63. The largest absolute Gasteiger partial charge is 0.465 e. The third-order valence-corrected chi connectivity index (χ3v) is 4.13. The SMILES string of the molecule is COC(=O)c1cn(CCCN(C)c2ccccc2)cc2c(=O)[nH]nc1-2. The van der Waals surface area contributed by atoms with Crippen molar-refractivity contribution >= 4 is 11.7 Å². The molecule has 1 aromatic rings. The maximum Gasteiger partial charge on any atom is 0.341 e. The average Bonchev–Trinajstić information content (AvgIpc) is 3.02. The Balaban J connectivity index is 1.75. The van der Waals surface area contributed by atoms with Crippen LogP contribution in [0.25, 0.3) is 11.3 Å². The minimum atomic E-state index is -0.507. The number of fused-ring (bicyclic) bond motifs is 1. The van der Waals surface area contributed by atoms with Crippen LogP contribution in [0.3, 0.4) is 0 Å². The van der Waals surface area contributed by atoms with Gasteiger partial charge in [-0.2, -0.15) is 5.10 Å². The second-order valence-electron chi connectivity index (χ2n) is 5.83. The van der Waals surface area contributed by atoms with Crippen LogP contribution in [-0.4, -0.2) is 41.4 Å². The van der Waals surface area contributed by atoms with Crippen molar-refractivity contribution in [3.05, 3.63) is 58.6 Å². The summed E-state index contributed by atoms with van der Waals surface area (Å²) in [6, 6.07) is 10.1. The van der Waals surface area contributed by atoms with Crippen molar-refractivity contribution in [2.75, 3.05) is 25.6 Å². The van der Waals surface area contributed by atoms with E-state index < -0.39 is 5.97 Å². The van der Waals surface area contributed by atoms with Gasteiger partial charge in [-0.3, -0.25) is 4.79 Å². The number of pyridine rings is 1. The lowest BCUT2D eigenvalue weighted by atomic mass is 10.1. The van der Waals surface area contributed by atoms with Gasteiger partial charge >= 0.3 is 5.97 Å². The van der Waals surface area contributed by atoms with Gasteiger partial charge in [0.05, 0.1) is 12.7 Å². The molecule has 0 atom stereocenters. The predicted molar refractivity (Wildman–Crippen MR) is 95.1 cm³/mol. The number of hydrogen-bond acceptors (Lipinski definition) is 5. The Morgan fingerprint density at radius 1 is 1.28 bits per heavy atom. The minimum absolute atomic E-state index is 0.287. The number of carbonyl (C=O) groups excluding carboxylic acids is 1. The van der Waals surface area contributed by atoms with Crippen LogP contribution in [-0.2, 0) is 11.3 Å². The monoisotopic (exact) mass is 340 g/mol. The Kier molecular flexibility index (Phi) is 4.83. The topological polar surface area (TPSA) is 80.2 Å². The summed E-state index contributed by atoms with van der Waals surface area (Å²) in [6.07, 6.45) is 4.25. The van der Waals surface area contributed by atoms with Crippen molar-refractivity contribution < 1.29 is 9.53 Å². The minimum Gasteiger partial charge on any atom is -0.465 e. The highest BCUT2D eigenvalue weighted by atomic mass is 16.5. The molecule has 0 bridgehead atoms. The number of aromatic nitrogens is 3. The number of H-pyrrole nitrogens is 1. The maximum atomic E-state index is 12.0. The van der Waals surface area contributed by atoms with E-state index >= 15 is 0 Å². The van der Waals surface area contributed by atoms with E-state index in [0.29, 0.717) is 17.8 Å². The second-order valence-corrected chi connectivity index (χ2v) is 5.83. The molecule has 25 heavy (non-hydrogen) atoms. The summed E-state index contributed by atoms with van der Waals surface area (Å²) in [5.74, 6) is -0.507. The lowest BCUT2D eigenvalue weighted by Crippen LogP contribution is -2.20. The second kappa shape index (κ2) is 7.21. The van der Waals surface area contributed by atoms with Gasteiger partial charge in [-0.15, -0.1) is 0 Å². The average molecular weight is 340 g/mol. The summed E-state index contributed by atoms with van der Waals surface area (Å²) in [5.41, 5.74) is 1.86. The van der Waals surface area contributed by atoms with Crippen molar-refractivity contribution in [3.8, 4) is 11.3 Å². The number of ether oxygens (including phenoxy) is 1. The Hall–Kier alpha value is -3.09. The number of benzene rings is 1. The van der Waals surface area contributed by atoms with E-state index in [1.807, 2.05) is 29.8 Å². The number of methoxy groups -OCH3 is 1. The highest BCUT2D eigenvalue weighted by molar-refractivity contribution is 5.95. The van der Waals surface area contributed by atoms with Gasteiger partial charge in [-0.1, -0.05) is 18.2 Å². The van der Waals surface area contributed by atoms with Gasteiger partial charge in [0.25, 0.3) is 5.56 Å². The number of carbonyl (C=O) groups is 1. The fourth-order valence-corrected chi connectivity index (χ4v) is 2.78. The first-order valence-electron chi connectivity index (χ1n) is 8.03. The molecule has 7 heteroatoms. The van der Waals surface area contributed by atoms with Crippen LogP contribution in [0.4, 0.5) is 5.69 Å². The van der Waals surface area contributed by atoms with Gasteiger partial charge in [0, 0.05) is 38.2 Å². The highest BCUT2D eigenvalue weighted by Crippen LogP contribution is 2.21. The quantitative estimate of drug-likeness (QED) is 0.694. The van der Waals surface area contributed by atoms with Crippen LogP contribution in [0.1, 0.15) is 16.8 Å². The Morgan fingerprint density at radius 3 is 2.76 bits per heavy atom. The van der Waals surface area contributed by atoms with E-state index in [0.717, 1.165) is 18.7 Å². The molecule has 1 N–H and O–H groups in total. The van der Waals surface area contributed by atoms with Crippen LogP contribution in [0.5, 0.6) is 0 Å². The molecule has 2 aliphatic rings. The number of aromatic amines is 1. The smallest absolute Gasteiger partial charge is 0.341 e. The summed E-state index contributed by atoms with van der Waals surface area (Å²) in [7, 11) is 3.35. The molecular weight excluding hydrogens is 320 g/mol. The highest BCUT2D eigenvalue weighted by Gasteiger charge is 2.21. The van der Waals surface area contributed by atoms with E-state index in [2.05, 4.69) is 27.2 Å². The van der Waals surface area contributed by atoms with Crippen LogP contribution < -0.4 is 10.5 Å². The fraction of sp³-hybridized carbons (Fsp3) is 0.278. The third-order valence-electron chi connectivity index (χ3n) is 4.13. The number of anilines is 1. The molecule has 0 saturated heterocycles. The van der Waals surface area contributed by atoms with Crippen LogP contribution >= 0.6 is 0 Å². The Morgan fingerprint density at radius 2 is 2.04 bits per heavy atom. The molecule has 0 radical (unpaired) electrons. The van der Waals surface area contributed by atoms with Crippen molar-refractivity contribution in [1.82, 2.24) is 14.8 Å². The van der Waals surface area contributed by atoms with E-state index in [1.165, 1.54) is 7.11 Å². The third kappa shape index (κ3) is 3.55. The molecule has 2 heterocycles. The summed E-state index contributed by atoms with van der Waals surface area (Å²) in [5, 5.41) is 6.30. The first-order valence-corrected chi connectivity index (χ1v) is 8.03. The molecule has 130 valence electrons. The van der Waals surface area contributed by atoms with Crippen molar-refractivity contribution in [2.45, 2.75) is 13.0 Å². The number of rotatable bonds is 6. The molecule has 0 fully saturated rings. The maximum absolute atomic E-state index is 12.0. The zero-order valence-electron chi connectivity index (χ0n) is 14.2. The lowest BCUT2D eigenvalue weighted by molar-refractivity contribution is 0.0600. The standard InChI is InChI=1S/C18H20N4O3/c1-21(13-7-4-3-5-8-13)9-6-10-22-11-14-16(19-20-17(14)23)15(12-22)18(24)25-2/h3-5,7-8,11-12H,6,9-10H2,1-2H3,(H,20,23). The van der Waals surface area contributed by atoms with E-state index in [-0.39, 0.29) is 11.1 Å². The van der Waals surface area contributed by atoms with Gasteiger partial charge in [-0.05, 0) is 18.6 Å². The fourth-order valence-electron chi connectivity index (χ4n) is 2.78.